The van der Waals surface area contributed by atoms with Crippen molar-refractivity contribution in [1.29, 1.82) is 0 Å². The summed E-state index contributed by atoms with van der Waals surface area (Å²) in [6.07, 6.45) is 8.94. The summed E-state index contributed by atoms with van der Waals surface area (Å²) in [5.41, 5.74) is 0.725. The number of piperidine rings is 1. The minimum Gasteiger partial charge on any atom is -0.350 e. The van der Waals surface area contributed by atoms with E-state index in [4.69, 9.17) is 0 Å². The summed E-state index contributed by atoms with van der Waals surface area (Å²) in [6, 6.07) is 6.59. The van der Waals surface area contributed by atoms with Crippen molar-refractivity contribution < 1.29 is 4.79 Å². The summed E-state index contributed by atoms with van der Waals surface area (Å²) in [7, 11) is 0. The van der Waals surface area contributed by atoms with Gasteiger partial charge in [0.1, 0.15) is 5.69 Å². The fourth-order valence-electron chi connectivity index (χ4n) is 4.35. The molecule has 140 valence electrons. The molecule has 1 saturated carbocycles. The highest BCUT2D eigenvalue weighted by atomic mass is 32.1. The van der Waals surface area contributed by atoms with Gasteiger partial charge in [-0.2, -0.15) is 5.10 Å². The molecule has 0 spiro atoms. The van der Waals surface area contributed by atoms with Crippen molar-refractivity contribution in [1.82, 2.24) is 20.0 Å². The Morgan fingerprint density at radius 2 is 2.12 bits per heavy atom. The van der Waals surface area contributed by atoms with Gasteiger partial charge in [0, 0.05) is 30.7 Å². The number of rotatable bonds is 6. The van der Waals surface area contributed by atoms with E-state index in [0.717, 1.165) is 44.7 Å². The predicted molar refractivity (Wildman–Crippen MR) is 104 cm³/mol. The molecule has 26 heavy (non-hydrogen) atoms. The monoisotopic (exact) mass is 372 g/mol. The molecule has 1 aliphatic carbocycles. The second kappa shape index (κ2) is 8.35. The summed E-state index contributed by atoms with van der Waals surface area (Å²) in [5.74, 6) is 0.570. The van der Waals surface area contributed by atoms with E-state index < -0.39 is 0 Å². The lowest BCUT2D eigenvalue weighted by molar-refractivity contribution is 0.0917. The molecule has 0 radical (unpaired) electrons. The highest BCUT2D eigenvalue weighted by Crippen LogP contribution is 2.29. The topological polar surface area (TPSA) is 50.2 Å². The first-order valence-electron chi connectivity index (χ1n) is 9.86. The largest absolute Gasteiger partial charge is 0.350 e. The Hall–Kier alpha value is -1.66. The van der Waals surface area contributed by atoms with E-state index in [2.05, 4.69) is 32.8 Å². The molecule has 3 heterocycles. The molecular formula is C20H28N4OS. The maximum Gasteiger partial charge on any atom is 0.269 e. The first-order valence-corrected chi connectivity index (χ1v) is 10.7. The first kappa shape index (κ1) is 17.7. The Labute approximate surface area is 159 Å². The van der Waals surface area contributed by atoms with E-state index in [0.29, 0.717) is 12.0 Å². The number of likely N-dealkylation sites (tertiary alicyclic amines) is 1. The molecule has 1 N–H and O–H groups in total. The van der Waals surface area contributed by atoms with Crippen LogP contribution in [0.2, 0.25) is 0 Å². The molecule has 1 aliphatic heterocycles. The zero-order valence-corrected chi connectivity index (χ0v) is 16.1. The van der Waals surface area contributed by atoms with E-state index in [9.17, 15) is 4.79 Å². The average molecular weight is 373 g/mol. The molecule has 4 rings (SSSR count). The van der Waals surface area contributed by atoms with Crippen molar-refractivity contribution in [3.05, 3.63) is 40.3 Å². The van der Waals surface area contributed by atoms with Gasteiger partial charge in [0.05, 0.1) is 6.04 Å². The van der Waals surface area contributed by atoms with Gasteiger partial charge in [0.25, 0.3) is 5.91 Å². The Balaban J connectivity index is 1.29. The summed E-state index contributed by atoms with van der Waals surface area (Å²) in [5, 5.41) is 9.73. The maximum atomic E-state index is 12.7. The third kappa shape index (κ3) is 4.18. The van der Waals surface area contributed by atoms with Crippen molar-refractivity contribution in [2.24, 2.45) is 5.92 Å². The summed E-state index contributed by atoms with van der Waals surface area (Å²) < 4.78 is 1.95. The number of aromatic nitrogens is 2. The number of hydrogen-bond acceptors (Lipinski definition) is 4. The van der Waals surface area contributed by atoms with Crippen LogP contribution in [0.5, 0.6) is 0 Å². The highest BCUT2D eigenvalue weighted by Gasteiger charge is 2.24. The molecule has 1 saturated heterocycles. The highest BCUT2D eigenvalue weighted by molar-refractivity contribution is 7.09. The number of nitrogens with one attached hydrogen (secondary N) is 1. The van der Waals surface area contributed by atoms with E-state index in [1.807, 2.05) is 22.1 Å². The Morgan fingerprint density at radius 1 is 1.23 bits per heavy atom. The maximum absolute atomic E-state index is 12.7. The van der Waals surface area contributed by atoms with Gasteiger partial charge in [0.15, 0.2) is 0 Å². The van der Waals surface area contributed by atoms with Crippen LogP contribution in [0.3, 0.4) is 0 Å². The molecule has 1 unspecified atom stereocenters. The van der Waals surface area contributed by atoms with E-state index in [-0.39, 0.29) is 5.91 Å². The van der Waals surface area contributed by atoms with Crippen LogP contribution < -0.4 is 5.32 Å². The van der Waals surface area contributed by atoms with Crippen molar-refractivity contribution in [3.8, 4) is 0 Å². The molecule has 2 aliphatic rings. The van der Waals surface area contributed by atoms with Gasteiger partial charge in [-0.1, -0.05) is 18.9 Å². The lowest BCUT2D eigenvalue weighted by atomic mass is 9.98. The standard InChI is InChI=1S/C20H28N4OS/c25-20(19-9-10-22-24(19)17-6-1-2-7-17)21-13-16-5-3-11-23(14-16)15-18-8-4-12-26-18/h4,8-10,12,16-17H,1-3,5-7,11,13-15H2,(H,21,25). The second-order valence-corrected chi connectivity index (χ2v) is 8.66. The zero-order chi connectivity index (χ0) is 17.8. The Bertz CT molecular complexity index is 705. The first-order chi connectivity index (χ1) is 12.8. The van der Waals surface area contributed by atoms with Crippen LogP contribution in [-0.4, -0.2) is 40.2 Å². The molecule has 0 bridgehead atoms. The van der Waals surface area contributed by atoms with Gasteiger partial charge in [-0.05, 0) is 55.7 Å². The molecule has 2 fully saturated rings. The van der Waals surface area contributed by atoms with Gasteiger partial charge in [-0.15, -0.1) is 11.3 Å². The number of amides is 1. The van der Waals surface area contributed by atoms with Gasteiger partial charge >= 0.3 is 0 Å². The molecule has 1 atom stereocenters. The van der Waals surface area contributed by atoms with Crippen molar-refractivity contribution in [2.45, 2.75) is 51.1 Å². The molecule has 5 nitrogen and oxygen atoms in total. The normalized spacial score (nSPS) is 21.9. The Kier molecular flexibility index (Phi) is 5.70. The van der Waals surface area contributed by atoms with Crippen molar-refractivity contribution >= 4 is 17.2 Å². The van der Waals surface area contributed by atoms with E-state index >= 15 is 0 Å². The average Bonchev–Trinajstić information content (AvgIpc) is 3.41. The molecule has 6 heteroatoms. The van der Waals surface area contributed by atoms with Crippen LogP contribution in [0, 0.1) is 5.92 Å². The van der Waals surface area contributed by atoms with Gasteiger partial charge in [-0.3, -0.25) is 14.4 Å². The third-order valence-electron chi connectivity index (χ3n) is 5.69. The van der Waals surface area contributed by atoms with Crippen molar-refractivity contribution in [2.75, 3.05) is 19.6 Å². The fourth-order valence-corrected chi connectivity index (χ4v) is 5.09. The van der Waals surface area contributed by atoms with Crippen LogP contribution in [0.15, 0.2) is 29.8 Å². The lowest BCUT2D eigenvalue weighted by Crippen LogP contribution is -2.40. The number of nitrogens with zero attached hydrogens (tertiary/aromatic N) is 3. The van der Waals surface area contributed by atoms with E-state index in [1.54, 1.807) is 6.20 Å². The van der Waals surface area contributed by atoms with Crippen LogP contribution in [-0.2, 0) is 6.54 Å². The Morgan fingerprint density at radius 3 is 2.92 bits per heavy atom. The van der Waals surface area contributed by atoms with Gasteiger partial charge in [-0.25, -0.2) is 0 Å². The zero-order valence-electron chi connectivity index (χ0n) is 15.3. The molecule has 2 aromatic heterocycles. The van der Waals surface area contributed by atoms with Crippen LogP contribution in [0.1, 0.15) is 59.9 Å². The quantitative estimate of drug-likeness (QED) is 0.841. The number of carbonyl (C=O) groups is 1. The van der Waals surface area contributed by atoms with E-state index in [1.165, 1.54) is 30.6 Å². The van der Waals surface area contributed by atoms with Gasteiger partial charge < -0.3 is 5.32 Å². The molecular weight excluding hydrogens is 344 g/mol. The summed E-state index contributed by atoms with van der Waals surface area (Å²) in [4.78, 5) is 16.6. The summed E-state index contributed by atoms with van der Waals surface area (Å²) >= 11 is 1.83. The molecule has 2 aromatic rings. The lowest BCUT2D eigenvalue weighted by Gasteiger charge is -2.32. The summed E-state index contributed by atoms with van der Waals surface area (Å²) in [6.45, 7) is 4.03. The SMILES string of the molecule is O=C(NCC1CCCN(Cc2cccs2)C1)c1ccnn1C1CCCC1. The molecule has 1 amide bonds. The predicted octanol–water partition coefficient (Wildman–Crippen LogP) is 3.70. The van der Waals surface area contributed by atoms with Crippen LogP contribution in [0.25, 0.3) is 0 Å². The molecule has 0 aromatic carbocycles. The number of carbonyl (C=O) groups excluding carboxylic acids is 1. The number of hydrogen-bond donors (Lipinski definition) is 1. The third-order valence-corrected chi connectivity index (χ3v) is 6.55. The minimum absolute atomic E-state index is 0.0322. The smallest absolute Gasteiger partial charge is 0.269 e. The second-order valence-electron chi connectivity index (χ2n) is 7.63. The minimum atomic E-state index is 0.0322. The van der Waals surface area contributed by atoms with Crippen LogP contribution in [0.4, 0.5) is 0 Å². The van der Waals surface area contributed by atoms with Gasteiger partial charge in [0.2, 0.25) is 0 Å². The van der Waals surface area contributed by atoms with Crippen molar-refractivity contribution in [3.63, 3.8) is 0 Å². The number of thiophene rings is 1. The fraction of sp³-hybridized carbons (Fsp3) is 0.600. The van der Waals surface area contributed by atoms with Crippen LogP contribution >= 0.6 is 11.3 Å².